The van der Waals surface area contributed by atoms with Crippen LogP contribution in [0, 0.1) is 0 Å². The molecule has 3 rings (SSSR count). The van der Waals surface area contributed by atoms with Crippen LogP contribution < -0.4 is 15.6 Å². The number of hydrogen-bond acceptors (Lipinski definition) is 3. The highest BCUT2D eigenvalue weighted by atomic mass is 79.9. The zero-order chi connectivity index (χ0) is 20.1. The molecule has 0 spiro atoms. The fourth-order valence-corrected chi connectivity index (χ4v) is 3.01. The number of aromatic amines is 1. The molecule has 0 fully saturated rings. The second kappa shape index (κ2) is 8.79. The highest BCUT2D eigenvalue weighted by molar-refractivity contribution is 9.10. The molecule has 0 aliphatic rings. The summed E-state index contributed by atoms with van der Waals surface area (Å²) in [5, 5.41) is 2.55. The third-order valence-electron chi connectivity index (χ3n) is 3.92. The minimum atomic E-state index is -2.98. The van der Waals surface area contributed by atoms with Crippen molar-refractivity contribution >= 4 is 21.8 Å². The van der Waals surface area contributed by atoms with E-state index in [1.165, 1.54) is 12.1 Å². The van der Waals surface area contributed by atoms with Gasteiger partial charge in [0.2, 0.25) is 0 Å². The second-order valence-corrected chi connectivity index (χ2v) is 6.71. The average Bonchev–Trinajstić information content (AvgIpc) is 2.68. The Morgan fingerprint density at radius 1 is 1.11 bits per heavy atom. The molecule has 0 unspecified atom stereocenters. The van der Waals surface area contributed by atoms with E-state index in [1.54, 1.807) is 18.2 Å². The van der Waals surface area contributed by atoms with Crippen LogP contribution in [0.2, 0.25) is 0 Å². The highest BCUT2D eigenvalue weighted by Crippen LogP contribution is 2.24. The Morgan fingerprint density at radius 2 is 1.86 bits per heavy atom. The number of benzene rings is 2. The van der Waals surface area contributed by atoms with Gasteiger partial charge in [0.25, 0.3) is 11.5 Å². The molecule has 3 aromatic rings. The van der Waals surface area contributed by atoms with E-state index in [1.807, 2.05) is 30.3 Å². The van der Waals surface area contributed by atoms with Gasteiger partial charge in [0, 0.05) is 22.3 Å². The first-order valence-corrected chi connectivity index (χ1v) is 9.03. The molecule has 0 atom stereocenters. The number of amides is 1. The SMILES string of the molecule is O=C(NCc1cc(Br)ccc1OC(F)F)c1ccc(-c2ccccc2)[nH]c1=O. The second-order valence-electron chi connectivity index (χ2n) is 5.79. The maximum atomic E-state index is 12.5. The van der Waals surface area contributed by atoms with E-state index in [0.717, 1.165) is 5.56 Å². The molecule has 0 bridgehead atoms. The summed E-state index contributed by atoms with van der Waals surface area (Å²) < 4.78 is 30.2. The van der Waals surface area contributed by atoms with Gasteiger partial charge in [-0.25, -0.2) is 0 Å². The number of hydrogen-bond donors (Lipinski definition) is 2. The van der Waals surface area contributed by atoms with Gasteiger partial charge in [0.1, 0.15) is 11.3 Å². The van der Waals surface area contributed by atoms with E-state index in [0.29, 0.717) is 15.7 Å². The van der Waals surface area contributed by atoms with Gasteiger partial charge < -0.3 is 15.0 Å². The van der Waals surface area contributed by atoms with Crippen molar-refractivity contribution in [2.24, 2.45) is 0 Å². The molecule has 0 aliphatic carbocycles. The summed E-state index contributed by atoms with van der Waals surface area (Å²) in [6.45, 7) is -3.07. The lowest BCUT2D eigenvalue weighted by atomic mass is 10.1. The third-order valence-corrected chi connectivity index (χ3v) is 4.41. The van der Waals surface area contributed by atoms with Crippen LogP contribution in [-0.4, -0.2) is 17.5 Å². The zero-order valence-corrected chi connectivity index (χ0v) is 16.0. The number of halogens is 3. The van der Waals surface area contributed by atoms with E-state index < -0.39 is 18.1 Å². The first-order chi connectivity index (χ1) is 13.4. The summed E-state index contributed by atoms with van der Waals surface area (Å²) in [6, 6.07) is 16.7. The van der Waals surface area contributed by atoms with E-state index in [2.05, 4.69) is 31.0 Å². The molecule has 2 N–H and O–H groups in total. The highest BCUT2D eigenvalue weighted by Gasteiger charge is 2.14. The normalized spacial score (nSPS) is 10.7. The Balaban J connectivity index is 1.76. The Labute approximate surface area is 167 Å². The number of alkyl halides is 2. The summed E-state index contributed by atoms with van der Waals surface area (Å²) in [5.41, 5.74) is 1.12. The van der Waals surface area contributed by atoms with Crippen molar-refractivity contribution in [3.63, 3.8) is 0 Å². The summed E-state index contributed by atoms with van der Waals surface area (Å²) in [4.78, 5) is 27.3. The average molecular weight is 449 g/mol. The van der Waals surface area contributed by atoms with E-state index >= 15 is 0 Å². The minimum absolute atomic E-state index is 0.0492. The van der Waals surface area contributed by atoms with E-state index in [9.17, 15) is 18.4 Å². The van der Waals surface area contributed by atoms with Gasteiger partial charge in [-0.3, -0.25) is 9.59 Å². The summed E-state index contributed by atoms with van der Waals surface area (Å²) in [5.74, 6) is -0.671. The number of H-pyrrole nitrogens is 1. The molecule has 5 nitrogen and oxygen atoms in total. The predicted octanol–water partition coefficient (Wildman–Crippen LogP) is 4.34. The van der Waals surface area contributed by atoms with Crippen LogP contribution >= 0.6 is 15.9 Å². The molecule has 1 amide bonds. The maximum Gasteiger partial charge on any atom is 0.387 e. The van der Waals surface area contributed by atoms with Gasteiger partial charge in [-0.1, -0.05) is 46.3 Å². The fraction of sp³-hybridized carbons (Fsp3) is 0.100. The molecule has 0 saturated heterocycles. The molecule has 0 saturated carbocycles. The number of nitrogens with one attached hydrogen (secondary N) is 2. The number of carbonyl (C=O) groups is 1. The molecule has 144 valence electrons. The standard InChI is InChI=1S/C20H15BrF2N2O3/c21-14-6-9-17(28-20(22)23)13(10-14)11-24-18(26)15-7-8-16(25-19(15)27)12-4-2-1-3-5-12/h1-10,20H,11H2,(H,24,26)(H,25,27). The largest absolute Gasteiger partial charge is 0.434 e. The van der Waals surface area contributed by atoms with Crippen molar-refractivity contribution in [3.05, 3.63) is 86.6 Å². The van der Waals surface area contributed by atoms with E-state index in [-0.39, 0.29) is 17.9 Å². The number of carbonyl (C=O) groups excluding carboxylic acids is 1. The molecule has 2 aromatic carbocycles. The molecular formula is C20H15BrF2N2O3. The van der Waals surface area contributed by atoms with Gasteiger partial charge in [-0.15, -0.1) is 0 Å². The summed E-state index contributed by atoms with van der Waals surface area (Å²) in [6.07, 6.45) is 0. The van der Waals surface area contributed by atoms with Gasteiger partial charge in [0.05, 0.1) is 0 Å². The monoisotopic (exact) mass is 448 g/mol. The van der Waals surface area contributed by atoms with Crippen LogP contribution in [0.15, 0.2) is 69.9 Å². The van der Waals surface area contributed by atoms with Gasteiger partial charge in [-0.2, -0.15) is 8.78 Å². The lowest BCUT2D eigenvalue weighted by molar-refractivity contribution is -0.0504. The van der Waals surface area contributed by atoms with Crippen molar-refractivity contribution < 1.29 is 18.3 Å². The quantitative estimate of drug-likeness (QED) is 0.589. The maximum absolute atomic E-state index is 12.5. The fourth-order valence-electron chi connectivity index (χ4n) is 2.61. The van der Waals surface area contributed by atoms with Crippen LogP contribution in [0.4, 0.5) is 8.78 Å². The predicted molar refractivity (Wildman–Crippen MR) is 104 cm³/mol. The van der Waals surface area contributed by atoms with Crippen LogP contribution in [0.25, 0.3) is 11.3 Å². The summed E-state index contributed by atoms with van der Waals surface area (Å²) in [7, 11) is 0. The molecule has 0 aliphatic heterocycles. The smallest absolute Gasteiger partial charge is 0.387 e. The molecular weight excluding hydrogens is 434 g/mol. The van der Waals surface area contributed by atoms with Crippen molar-refractivity contribution in [2.75, 3.05) is 0 Å². The van der Waals surface area contributed by atoms with Crippen LogP contribution in [0.1, 0.15) is 15.9 Å². The molecule has 28 heavy (non-hydrogen) atoms. The van der Waals surface area contributed by atoms with Gasteiger partial charge in [-0.05, 0) is 35.9 Å². The van der Waals surface area contributed by atoms with Crippen molar-refractivity contribution in [1.82, 2.24) is 10.3 Å². The first-order valence-electron chi connectivity index (χ1n) is 8.24. The molecule has 0 radical (unpaired) electrons. The molecule has 8 heteroatoms. The lowest BCUT2D eigenvalue weighted by Gasteiger charge is -2.12. The Hall–Kier alpha value is -3.00. The topological polar surface area (TPSA) is 71.2 Å². The Bertz CT molecular complexity index is 1040. The Kier molecular flexibility index (Phi) is 6.20. The lowest BCUT2D eigenvalue weighted by Crippen LogP contribution is -2.29. The third kappa shape index (κ3) is 4.83. The van der Waals surface area contributed by atoms with E-state index in [4.69, 9.17) is 0 Å². The number of rotatable bonds is 6. The van der Waals surface area contributed by atoms with Crippen molar-refractivity contribution in [1.29, 1.82) is 0 Å². The minimum Gasteiger partial charge on any atom is -0.434 e. The van der Waals surface area contributed by atoms with Crippen LogP contribution in [-0.2, 0) is 6.54 Å². The van der Waals surface area contributed by atoms with Crippen LogP contribution in [0.5, 0.6) is 5.75 Å². The van der Waals surface area contributed by atoms with Gasteiger partial charge >= 0.3 is 6.61 Å². The molecule has 1 aromatic heterocycles. The van der Waals surface area contributed by atoms with Crippen LogP contribution in [0.3, 0.4) is 0 Å². The molecule has 1 heterocycles. The number of pyridine rings is 1. The van der Waals surface area contributed by atoms with Crippen molar-refractivity contribution in [3.8, 4) is 17.0 Å². The first kappa shape index (κ1) is 19.8. The summed E-state index contributed by atoms with van der Waals surface area (Å²) >= 11 is 3.25. The number of ether oxygens (including phenoxy) is 1. The van der Waals surface area contributed by atoms with Crippen molar-refractivity contribution in [2.45, 2.75) is 13.2 Å². The van der Waals surface area contributed by atoms with Gasteiger partial charge in [0.15, 0.2) is 0 Å². The Morgan fingerprint density at radius 3 is 2.54 bits per heavy atom. The number of aromatic nitrogens is 1. The zero-order valence-electron chi connectivity index (χ0n) is 14.4.